The summed E-state index contributed by atoms with van der Waals surface area (Å²) < 4.78 is 14.2. The fraction of sp³-hybridized carbons (Fsp3) is 0.0714. The molecule has 1 amide bonds. The molecule has 3 nitrogen and oxygen atoms in total. The van der Waals surface area contributed by atoms with Gasteiger partial charge < -0.3 is 11.1 Å². The molecule has 0 saturated carbocycles. The molecule has 5 heteroatoms. The first kappa shape index (κ1) is 13.5. The van der Waals surface area contributed by atoms with Crippen LogP contribution >= 0.6 is 15.9 Å². The Morgan fingerprint density at radius 1 is 1.32 bits per heavy atom. The average Bonchev–Trinajstić information content (AvgIpc) is 2.31. The number of nitrogens with two attached hydrogens (primary N) is 1. The van der Waals surface area contributed by atoms with E-state index in [9.17, 15) is 9.18 Å². The van der Waals surface area contributed by atoms with Gasteiger partial charge in [0.2, 0.25) is 0 Å². The van der Waals surface area contributed by atoms with Gasteiger partial charge in [0, 0.05) is 10.2 Å². The highest BCUT2D eigenvalue weighted by Crippen LogP contribution is 2.21. The van der Waals surface area contributed by atoms with Crippen LogP contribution in [-0.2, 0) is 0 Å². The molecular weight excluding hydrogens is 311 g/mol. The number of rotatable bonds is 2. The Hall–Kier alpha value is -1.88. The highest BCUT2D eigenvalue weighted by molar-refractivity contribution is 9.10. The third-order valence-corrected chi connectivity index (χ3v) is 3.06. The van der Waals surface area contributed by atoms with Gasteiger partial charge in [-0.05, 0) is 42.8 Å². The van der Waals surface area contributed by atoms with Crippen LogP contribution in [0.25, 0.3) is 0 Å². The number of halogens is 2. The highest BCUT2D eigenvalue weighted by Gasteiger charge is 2.13. The van der Waals surface area contributed by atoms with Crippen LogP contribution in [-0.4, -0.2) is 5.91 Å². The molecule has 2 aromatic rings. The molecule has 0 fully saturated rings. The molecule has 0 aromatic heterocycles. The van der Waals surface area contributed by atoms with Crippen molar-refractivity contribution in [2.75, 3.05) is 11.1 Å². The summed E-state index contributed by atoms with van der Waals surface area (Å²) in [6.45, 7) is 1.91. The number of amides is 1. The van der Waals surface area contributed by atoms with E-state index in [2.05, 4.69) is 21.2 Å². The Labute approximate surface area is 118 Å². The van der Waals surface area contributed by atoms with E-state index in [4.69, 9.17) is 5.73 Å². The maximum absolute atomic E-state index is 13.3. The fourth-order valence-corrected chi connectivity index (χ4v) is 2.35. The zero-order chi connectivity index (χ0) is 14.0. The first-order valence-electron chi connectivity index (χ1n) is 5.60. The second-order valence-electron chi connectivity index (χ2n) is 4.17. The van der Waals surface area contributed by atoms with Gasteiger partial charge in [0.25, 0.3) is 5.91 Å². The Morgan fingerprint density at radius 3 is 2.74 bits per heavy atom. The van der Waals surface area contributed by atoms with Crippen LogP contribution in [0.15, 0.2) is 40.9 Å². The molecule has 0 aliphatic carbocycles. The minimum atomic E-state index is -0.599. The van der Waals surface area contributed by atoms with E-state index in [1.165, 1.54) is 18.2 Å². The van der Waals surface area contributed by atoms with Crippen molar-refractivity contribution < 1.29 is 9.18 Å². The first-order valence-corrected chi connectivity index (χ1v) is 6.39. The lowest BCUT2D eigenvalue weighted by molar-refractivity contribution is 0.102. The monoisotopic (exact) mass is 322 g/mol. The van der Waals surface area contributed by atoms with Gasteiger partial charge in [-0.25, -0.2) is 4.39 Å². The molecule has 0 bridgehead atoms. The molecule has 0 unspecified atom stereocenters. The number of carbonyl (C=O) groups is 1. The molecule has 0 spiro atoms. The number of anilines is 2. The average molecular weight is 323 g/mol. The number of nitrogens with one attached hydrogen (secondary N) is 1. The molecule has 0 radical (unpaired) electrons. The third-order valence-electron chi connectivity index (χ3n) is 2.60. The predicted octanol–water partition coefficient (Wildman–Crippen LogP) is 3.73. The molecule has 0 aliphatic rings. The second-order valence-corrected chi connectivity index (χ2v) is 5.09. The molecule has 98 valence electrons. The molecular formula is C14H12BrFN2O. The highest BCUT2D eigenvalue weighted by atomic mass is 79.9. The molecule has 0 atom stereocenters. The number of hydrogen-bond donors (Lipinski definition) is 2. The summed E-state index contributed by atoms with van der Waals surface area (Å²) in [4.78, 5) is 12.0. The van der Waals surface area contributed by atoms with Crippen molar-refractivity contribution in [1.82, 2.24) is 0 Å². The lowest BCUT2D eigenvalue weighted by atomic mass is 10.1. The van der Waals surface area contributed by atoms with Crippen LogP contribution in [0.1, 0.15) is 15.9 Å². The van der Waals surface area contributed by atoms with Crippen LogP contribution in [0, 0.1) is 12.7 Å². The summed E-state index contributed by atoms with van der Waals surface area (Å²) in [5.74, 6) is -1.03. The van der Waals surface area contributed by atoms with Crippen molar-refractivity contribution in [3.05, 3.63) is 57.8 Å². The van der Waals surface area contributed by atoms with E-state index in [0.29, 0.717) is 5.69 Å². The van der Waals surface area contributed by atoms with E-state index in [1.54, 1.807) is 6.07 Å². The quantitative estimate of drug-likeness (QED) is 0.828. The Balaban J connectivity index is 2.28. The van der Waals surface area contributed by atoms with Gasteiger partial charge in [-0.1, -0.05) is 22.0 Å². The van der Waals surface area contributed by atoms with E-state index < -0.39 is 11.7 Å². The molecule has 2 aromatic carbocycles. The molecule has 19 heavy (non-hydrogen) atoms. The Morgan fingerprint density at radius 2 is 2.05 bits per heavy atom. The number of hydrogen-bond acceptors (Lipinski definition) is 2. The zero-order valence-electron chi connectivity index (χ0n) is 10.2. The van der Waals surface area contributed by atoms with Crippen LogP contribution in [0.3, 0.4) is 0 Å². The van der Waals surface area contributed by atoms with Gasteiger partial charge in [-0.15, -0.1) is 0 Å². The van der Waals surface area contributed by atoms with Crippen molar-refractivity contribution in [1.29, 1.82) is 0 Å². The van der Waals surface area contributed by atoms with Crippen LogP contribution < -0.4 is 11.1 Å². The summed E-state index contributed by atoms with van der Waals surface area (Å²) in [6, 6.07) is 9.66. The summed E-state index contributed by atoms with van der Waals surface area (Å²) in [5, 5.41) is 2.69. The van der Waals surface area contributed by atoms with Crippen molar-refractivity contribution in [2.24, 2.45) is 0 Å². The molecule has 0 aliphatic heterocycles. The maximum atomic E-state index is 13.3. The van der Waals surface area contributed by atoms with Gasteiger partial charge in [-0.2, -0.15) is 0 Å². The summed E-state index contributed by atoms with van der Waals surface area (Å²) in [7, 11) is 0. The Kier molecular flexibility index (Phi) is 3.85. The van der Waals surface area contributed by atoms with Gasteiger partial charge >= 0.3 is 0 Å². The van der Waals surface area contributed by atoms with Gasteiger partial charge in [-0.3, -0.25) is 4.79 Å². The summed E-state index contributed by atoms with van der Waals surface area (Å²) in [5.41, 5.74) is 7.15. The molecule has 2 rings (SSSR count). The van der Waals surface area contributed by atoms with Crippen molar-refractivity contribution in [3.8, 4) is 0 Å². The number of nitrogen functional groups attached to an aromatic ring is 1. The maximum Gasteiger partial charge on any atom is 0.257 e. The van der Waals surface area contributed by atoms with Crippen molar-refractivity contribution in [3.63, 3.8) is 0 Å². The van der Waals surface area contributed by atoms with Crippen molar-refractivity contribution in [2.45, 2.75) is 6.92 Å². The number of aryl methyl sites for hydroxylation is 1. The van der Waals surface area contributed by atoms with Gasteiger partial charge in [0.15, 0.2) is 0 Å². The topological polar surface area (TPSA) is 55.1 Å². The number of carbonyl (C=O) groups excluding carboxylic acids is 1. The largest absolute Gasteiger partial charge is 0.396 e. The minimum absolute atomic E-state index is 0.123. The second kappa shape index (κ2) is 5.40. The molecule has 3 N–H and O–H groups in total. The van der Waals surface area contributed by atoms with Crippen LogP contribution in [0.2, 0.25) is 0 Å². The van der Waals surface area contributed by atoms with Gasteiger partial charge in [0.05, 0.1) is 11.3 Å². The van der Waals surface area contributed by atoms with Gasteiger partial charge in [0.1, 0.15) is 5.82 Å². The fourth-order valence-electron chi connectivity index (χ4n) is 1.74. The summed E-state index contributed by atoms with van der Waals surface area (Å²) >= 11 is 3.35. The third kappa shape index (κ3) is 3.12. The SMILES string of the molecule is Cc1cc(Br)cc(NC(=O)c2cccc(F)c2N)c1. The van der Waals surface area contributed by atoms with E-state index in [-0.39, 0.29) is 11.3 Å². The number of para-hydroxylation sites is 1. The lowest BCUT2D eigenvalue weighted by Gasteiger charge is -2.09. The van der Waals surface area contributed by atoms with Crippen LogP contribution in [0.4, 0.5) is 15.8 Å². The molecule has 0 heterocycles. The first-order chi connectivity index (χ1) is 8.97. The lowest BCUT2D eigenvalue weighted by Crippen LogP contribution is -2.14. The predicted molar refractivity (Wildman–Crippen MR) is 77.6 cm³/mol. The minimum Gasteiger partial charge on any atom is -0.396 e. The van der Waals surface area contributed by atoms with E-state index in [1.807, 2.05) is 19.1 Å². The molecule has 0 saturated heterocycles. The van der Waals surface area contributed by atoms with E-state index in [0.717, 1.165) is 10.0 Å². The summed E-state index contributed by atoms with van der Waals surface area (Å²) in [6.07, 6.45) is 0. The van der Waals surface area contributed by atoms with Crippen LogP contribution in [0.5, 0.6) is 0 Å². The van der Waals surface area contributed by atoms with E-state index >= 15 is 0 Å². The normalized spacial score (nSPS) is 10.3. The van der Waals surface area contributed by atoms with Crippen molar-refractivity contribution >= 4 is 33.2 Å². The zero-order valence-corrected chi connectivity index (χ0v) is 11.8. The number of benzene rings is 2. The standard InChI is InChI=1S/C14H12BrFN2O/c1-8-5-9(15)7-10(6-8)18-14(19)11-3-2-4-12(16)13(11)17/h2-7H,17H2,1H3,(H,18,19). The smallest absolute Gasteiger partial charge is 0.257 e. The Bertz CT molecular complexity index is 623.